The van der Waals surface area contributed by atoms with Gasteiger partial charge in [-0.05, 0) is 30.9 Å². The lowest BCUT2D eigenvalue weighted by Crippen LogP contribution is -2.19. The minimum Gasteiger partial charge on any atom is -0.397 e. The normalized spacial score (nSPS) is 16.1. The molecule has 0 heterocycles. The highest BCUT2D eigenvalue weighted by molar-refractivity contribution is 7.92. The van der Waals surface area contributed by atoms with Crippen molar-refractivity contribution in [3.63, 3.8) is 0 Å². The number of halogens is 1. The molecular weight excluding hydrogens is 231 g/mol. The highest BCUT2D eigenvalue weighted by Crippen LogP contribution is 2.31. The zero-order chi connectivity index (χ0) is 11.8. The van der Waals surface area contributed by atoms with E-state index in [0.717, 1.165) is 12.8 Å². The number of nitrogen functional groups attached to an aromatic ring is 1. The molecule has 6 heteroatoms. The minimum absolute atomic E-state index is 0.0424. The molecule has 0 radical (unpaired) electrons. The third-order valence-corrected chi connectivity index (χ3v) is 3.88. The van der Waals surface area contributed by atoms with Crippen LogP contribution in [0.2, 0.25) is 0 Å². The summed E-state index contributed by atoms with van der Waals surface area (Å²) in [6, 6.07) is 4.06. The molecule has 0 unspecified atom stereocenters. The molecule has 1 aliphatic rings. The molecule has 1 fully saturated rings. The Bertz CT molecular complexity index is 477. The van der Waals surface area contributed by atoms with Gasteiger partial charge in [-0.25, -0.2) is 12.8 Å². The molecule has 0 bridgehead atoms. The van der Waals surface area contributed by atoms with E-state index in [4.69, 9.17) is 5.73 Å². The van der Waals surface area contributed by atoms with Crippen LogP contribution < -0.4 is 10.5 Å². The monoisotopic (exact) mass is 244 g/mol. The van der Waals surface area contributed by atoms with Crippen LogP contribution in [0.5, 0.6) is 0 Å². The molecule has 88 valence electrons. The Morgan fingerprint density at radius 3 is 2.69 bits per heavy atom. The van der Waals surface area contributed by atoms with E-state index in [1.165, 1.54) is 18.2 Å². The first-order valence-corrected chi connectivity index (χ1v) is 6.67. The quantitative estimate of drug-likeness (QED) is 0.789. The maximum absolute atomic E-state index is 13.3. The summed E-state index contributed by atoms with van der Waals surface area (Å²) in [6.07, 6.45) is 1.85. The van der Waals surface area contributed by atoms with Gasteiger partial charge in [0.1, 0.15) is 11.5 Å². The second-order valence-electron chi connectivity index (χ2n) is 4.03. The second-order valence-corrected chi connectivity index (χ2v) is 5.80. The van der Waals surface area contributed by atoms with Gasteiger partial charge in [0, 0.05) is 0 Å². The summed E-state index contributed by atoms with van der Waals surface area (Å²) in [5.74, 6) is -0.398. The largest absolute Gasteiger partial charge is 0.397 e. The topological polar surface area (TPSA) is 72.2 Å². The van der Waals surface area contributed by atoms with Crippen LogP contribution in [0, 0.1) is 11.7 Å². The molecule has 0 aromatic heterocycles. The van der Waals surface area contributed by atoms with Crippen LogP contribution in [0.4, 0.5) is 15.8 Å². The summed E-state index contributed by atoms with van der Waals surface area (Å²) in [6.45, 7) is 0. The number of hydrogen-bond acceptors (Lipinski definition) is 3. The van der Waals surface area contributed by atoms with E-state index >= 15 is 0 Å². The lowest BCUT2D eigenvalue weighted by Gasteiger charge is -2.10. The summed E-state index contributed by atoms with van der Waals surface area (Å²) >= 11 is 0. The molecule has 0 spiro atoms. The summed E-state index contributed by atoms with van der Waals surface area (Å²) in [5.41, 5.74) is 5.45. The van der Waals surface area contributed by atoms with Crippen LogP contribution in [0.1, 0.15) is 12.8 Å². The lowest BCUT2D eigenvalue weighted by atomic mass is 10.3. The van der Waals surface area contributed by atoms with Crippen molar-refractivity contribution in [3.8, 4) is 0 Å². The Morgan fingerprint density at radius 2 is 2.12 bits per heavy atom. The van der Waals surface area contributed by atoms with Crippen LogP contribution in [0.3, 0.4) is 0 Å². The van der Waals surface area contributed by atoms with Crippen LogP contribution in [-0.2, 0) is 10.0 Å². The number of benzene rings is 1. The summed E-state index contributed by atoms with van der Waals surface area (Å²) in [7, 11) is -3.49. The second kappa shape index (κ2) is 3.93. The fourth-order valence-corrected chi connectivity index (χ4v) is 3.00. The van der Waals surface area contributed by atoms with Gasteiger partial charge in [0.25, 0.3) is 0 Å². The lowest BCUT2D eigenvalue weighted by molar-refractivity contribution is 0.595. The average molecular weight is 244 g/mol. The Hall–Kier alpha value is -1.30. The number of rotatable bonds is 4. The molecule has 0 atom stereocenters. The first-order valence-electron chi connectivity index (χ1n) is 5.02. The summed E-state index contributed by atoms with van der Waals surface area (Å²) < 4.78 is 38.8. The molecule has 1 aromatic rings. The van der Waals surface area contributed by atoms with E-state index < -0.39 is 15.8 Å². The Morgan fingerprint density at radius 1 is 1.44 bits per heavy atom. The van der Waals surface area contributed by atoms with Crippen LogP contribution in [0.25, 0.3) is 0 Å². The number of nitrogens with two attached hydrogens (primary N) is 1. The van der Waals surface area contributed by atoms with Gasteiger partial charge >= 0.3 is 0 Å². The van der Waals surface area contributed by atoms with E-state index in [9.17, 15) is 12.8 Å². The zero-order valence-corrected chi connectivity index (χ0v) is 9.43. The first kappa shape index (κ1) is 11.2. The average Bonchev–Trinajstić information content (AvgIpc) is 2.95. The standard InChI is InChI=1S/C10H13FN2O2S/c11-8-2-1-3-9(12)10(8)13-16(14,15)6-7-4-5-7/h1-3,7,13H,4-6,12H2. The maximum atomic E-state index is 13.3. The zero-order valence-electron chi connectivity index (χ0n) is 8.61. The van der Waals surface area contributed by atoms with Gasteiger partial charge < -0.3 is 5.73 Å². The number of anilines is 2. The summed E-state index contributed by atoms with van der Waals surface area (Å²) in [4.78, 5) is 0. The fraction of sp³-hybridized carbons (Fsp3) is 0.400. The minimum atomic E-state index is -3.49. The summed E-state index contributed by atoms with van der Waals surface area (Å²) in [5, 5.41) is 0. The van der Waals surface area contributed by atoms with E-state index in [1.807, 2.05) is 0 Å². The number of nitrogens with one attached hydrogen (secondary N) is 1. The predicted octanol–water partition coefficient (Wildman–Crippen LogP) is 1.56. The van der Waals surface area contributed by atoms with Gasteiger partial charge in [-0.15, -0.1) is 0 Å². The van der Waals surface area contributed by atoms with Crippen molar-refractivity contribution in [2.45, 2.75) is 12.8 Å². The molecule has 1 aromatic carbocycles. The SMILES string of the molecule is Nc1cccc(F)c1NS(=O)(=O)CC1CC1. The van der Waals surface area contributed by atoms with E-state index in [0.29, 0.717) is 0 Å². The van der Waals surface area contributed by atoms with Crippen molar-refractivity contribution in [3.05, 3.63) is 24.0 Å². The van der Waals surface area contributed by atoms with Crippen LogP contribution in [-0.4, -0.2) is 14.2 Å². The van der Waals surface area contributed by atoms with Crippen LogP contribution >= 0.6 is 0 Å². The molecule has 1 saturated carbocycles. The van der Waals surface area contributed by atoms with E-state index in [1.54, 1.807) is 0 Å². The molecule has 4 nitrogen and oxygen atoms in total. The number of para-hydroxylation sites is 1. The van der Waals surface area contributed by atoms with Crippen molar-refractivity contribution in [1.82, 2.24) is 0 Å². The van der Waals surface area contributed by atoms with Crippen molar-refractivity contribution in [2.24, 2.45) is 5.92 Å². The fourth-order valence-electron chi connectivity index (χ4n) is 1.44. The third-order valence-electron chi connectivity index (χ3n) is 2.46. The molecule has 16 heavy (non-hydrogen) atoms. The van der Waals surface area contributed by atoms with Gasteiger partial charge in [-0.3, -0.25) is 4.72 Å². The van der Waals surface area contributed by atoms with E-state index in [2.05, 4.69) is 4.72 Å². The Kier molecular flexibility index (Phi) is 2.75. The van der Waals surface area contributed by atoms with Gasteiger partial charge in [-0.2, -0.15) is 0 Å². The highest BCUT2D eigenvalue weighted by Gasteiger charge is 2.28. The Labute approximate surface area is 93.7 Å². The van der Waals surface area contributed by atoms with Crippen molar-refractivity contribution in [2.75, 3.05) is 16.2 Å². The van der Waals surface area contributed by atoms with Gasteiger partial charge in [-0.1, -0.05) is 6.07 Å². The van der Waals surface area contributed by atoms with Gasteiger partial charge in [0.15, 0.2) is 0 Å². The molecule has 0 saturated heterocycles. The molecule has 0 aliphatic heterocycles. The molecule has 3 N–H and O–H groups in total. The number of hydrogen-bond donors (Lipinski definition) is 2. The maximum Gasteiger partial charge on any atom is 0.233 e. The predicted molar refractivity (Wildman–Crippen MR) is 60.9 cm³/mol. The van der Waals surface area contributed by atoms with Gasteiger partial charge in [0.2, 0.25) is 10.0 Å². The molecular formula is C10H13FN2O2S. The molecule has 2 rings (SSSR count). The molecule has 0 amide bonds. The van der Waals surface area contributed by atoms with Crippen LogP contribution in [0.15, 0.2) is 18.2 Å². The van der Waals surface area contributed by atoms with Gasteiger partial charge in [0.05, 0.1) is 11.4 Å². The van der Waals surface area contributed by atoms with E-state index in [-0.39, 0.29) is 23.0 Å². The van der Waals surface area contributed by atoms with Crippen molar-refractivity contribution in [1.29, 1.82) is 0 Å². The highest BCUT2D eigenvalue weighted by atomic mass is 32.2. The number of sulfonamides is 1. The van der Waals surface area contributed by atoms with Crippen molar-refractivity contribution >= 4 is 21.4 Å². The van der Waals surface area contributed by atoms with Crippen molar-refractivity contribution < 1.29 is 12.8 Å². The first-order chi connectivity index (χ1) is 7.48. The smallest absolute Gasteiger partial charge is 0.233 e. The molecule has 1 aliphatic carbocycles. The Balaban J connectivity index is 2.19. The third kappa shape index (κ3) is 2.63.